The normalized spacial score (nSPS) is 10.8. The molecule has 0 aliphatic rings. The molecule has 6 heteroatoms. The number of Topliss-reactive ketones (excluding diaryl/α,β-unsaturated/α-hetero) is 1. The molecule has 24 heavy (non-hydrogen) atoms. The summed E-state index contributed by atoms with van der Waals surface area (Å²) in [6.45, 7) is 5.73. The van der Waals surface area contributed by atoms with Crippen molar-refractivity contribution in [2.45, 2.75) is 27.3 Å². The largest absolute Gasteiger partial charge is 0.368 e. The maximum Gasteiger partial charge on any atom is 0.368 e. The summed E-state index contributed by atoms with van der Waals surface area (Å²) in [5, 5.41) is 7.68. The predicted molar refractivity (Wildman–Crippen MR) is 90.6 cm³/mol. The van der Waals surface area contributed by atoms with Crippen LogP contribution in [0.15, 0.2) is 47.3 Å². The lowest BCUT2D eigenvalue weighted by Crippen LogP contribution is -2.27. The van der Waals surface area contributed by atoms with E-state index in [9.17, 15) is 9.59 Å². The van der Waals surface area contributed by atoms with Gasteiger partial charge in [-0.2, -0.15) is 9.36 Å². The number of para-hydroxylation sites is 1. The molecule has 0 bridgehead atoms. The van der Waals surface area contributed by atoms with E-state index in [-0.39, 0.29) is 12.3 Å². The fourth-order valence-corrected chi connectivity index (χ4v) is 2.59. The Hall–Kier alpha value is -3.02. The van der Waals surface area contributed by atoms with Crippen LogP contribution in [0, 0.1) is 20.8 Å². The predicted octanol–water partition coefficient (Wildman–Crippen LogP) is 2.24. The second-order valence-corrected chi connectivity index (χ2v) is 5.84. The average molecular weight is 322 g/mol. The number of carbonyl (C=O) groups excluding carboxylic acids is 1. The zero-order chi connectivity index (χ0) is 17.3. The third-order valence-electron chi connectivity index (χ3n) is 4.07. The van der Waals surface area contributed by atoms with Gasteiger partial charge in [0.1, 0.15) is 6.54 Å². The second-order valence-electron chi connectivity index (χ2n) is 5.84. The van der Waals surface area contributed by atoms with Gasteiger partial charge in [-0.3, -0.25) is 4.79 Å². The van der Waals surface area contributed by atoms with Crippen LogP contribution in [0.2, 0.25) is 0 Å². The van der Waals surface area contributed by atoms with Crippen molar-refractivity contribution in [1.29, 1.82) is 0 Å². The Kier molecular flexibility index (Phi) is 4.12. The van der Waals surface area contributed by atoms with Crippen LogP contribution in [-0.2, 0) is 6.54 Å². The van der Waals surface area contributed by atoms with Crippen molar-refractivity contribution >= 4 is 5.78 Å². The van der Waals surface area contributed by atoms with Crippen LogP contribution in [0.3, 0.4) is 0 Å². The van der Waals surface area contributed by atoms with Gasteiger partial charge < -0.3 is 0 Å². The van der Waals surface area contributed by atoms with E-state index < -0.39 is 5.69 Å². The third-order valence-corrected chi connectivity index (χ3v) is 4.07. The van der Waals surface area contributed by atoms with Crippen LogP contribution in [-0.4, -0.2) is 25.6 Å². The van der Waals surface area contributed by atoms with Gasteiger partial charge >= 0.3 is 5.69 Å². The molecule has 6 nitrogen and oxygen atoms in total. The highest BCUT2D eigenvalue weighted by molar-refractivity contribution is 5.97. The Morgan fingerprint density at radius 2 is 1.62 bits per heavy atom. The van der Waals surface area contributed by atoms with Crippen molar-refractivity contribution in [2.75, 3.05) is 0 Å². The highest BCUT2D eigenvalue weighted by atomic mass is 16.2. The monoisotopic (exact) mass is 322 g/mol. The number of aryl methyl sites for hydroxylation is 3. The summed E-state index contributed by atoms with van der Waals surface area (Å²) in [5.41, 5.74) is 3.87. The number of hydrogen-bond acceptors (Lipinski definition) is 4. The SMILES string of the molecule is Cc1cc(C)c(C(=O)Cn2nnn(-c3ccccc3)c2=O)cc1C. The molecule has 0 spiro atoms. The van der Waals surface area contributed by atoms with E-state index in [0.29, 0.717) is 11.3 Å². The van der Waals surface area contributed by atoms with Crippen molar-refractivity contribution in [2.24, 2.45) is 0 Å². The van der Waals surface area contributed by atoms with E-state index in [1.165, 1.54) is 4.68 Å². The molecular formula is C18H18N4O2. The van der Waals surface area contributed by atoms with E-state index in [4.69, 9.17) is 0 Å². The molecule has 1 aromatic heterocycles. The molecule has 0 N–H and O–H groups in total. The summed E-state index contributed by atoms with van der Waals surface area (Å²) in [4.78, 5) is 25.0. The number of carbonyl (C=O) groups is 1. The van der Waals surface area contributed by atoms with Gasteiger partial charge in [-0.15, -0.1) is 0 Å². The van der Waals surface area contributed by atoms with Crippen LogP contribution < -0.4 is 5.69 Å². The molecule has 0 saturated carbocycles. The number of nitrogens with zero attached hydrogens (tertiary/aromatic N) is 4. The number of ketones is 1. The molecule has 0 unspecified atom stereocenters. The maximum atomic E-state index is 12.6. The van der Waals surface area contributed by atoms with Crippen LogP contribution in [0.1, 0.15) is 27.0 Å². The van der Waals surface area contributed by atoms with Gasteiger partial charge in [0.15, 0.2) is 5.78 Å². The number of benzene rings is 2. The van der Waals surface area contributed by atoms with E-state index in [1.54, 1.807) is 12.1 Å². The Bertz CT molecular complexity index is 955. The highest BCUT2D eigenvalue weighted by Crippen LogP contribution is 2.16. The van der Waals surface area contributed by atoms with Gasteiger partial charge in [0.05, 0.1) is 5.69 Å². The highest BCUT2D eigenvalue weighted by Gasteiger charge is 2.15. The fourth-order valence-electron chi connectivity index (χ4n) is 2.59. The van der Waals surface area contributed by atoms with E-state index in [0.717, 1.165) is 21.4 Å². The van der Waals surface area contributed by atoms with E-state index in [2.05, 4.69) is 10.4 Å². The number of aromatic nitrogens is 4. The molecular weight excluding hydrogens is 304 g/mol. The number of hydrogen-bond donors (Lipinski definition) is 0. The summed E-state index contributed by atoms with van der Waals surface area (Å²) >= 11 is 0. The molecule has 0 amide bonds. The minimum Gasteiger partial charge on any atom is -0.292 e. The number of tetrazole rings is 1. The summed E-state index contributed by atoms with van der Waals surface area (Å²) < 4.78 is 2.27. The van der Waals surface area contributed by atoms with Crippen molar-refractivity contribution in [3.63, 3.8) is 0 Å². The van der Waals surface area contributed by atoms with Gasteiger partial charge in [-0.05, 0) is 66.1 Å². The molecule has 2 aromatic carbocycles. The average Bonchev–Trinajstić information content (AvgIpc) is 2.92. The maximum absolute atomic E-state index is 12.6. The first kappa shape index (κ1) is 15.9. The van der Waals surface area contributed by atoms with Crippen LogP contribution >= 0.6 is 0 Å². The number of rotatable bonds is 4. The molecule has 3 rings (SSSR count). The van der Waals surface area contributed by atoms with Gasteiger partial charge in [0.25, 0.3) is 0 Å². The van der Waals surface area contributed by atoms with E-state index >= 15 is 0 Å². The smallest absolute Gasteiger partial charge is 0.292 e. The van der Waals surface area contributed by atoms with E-state index in [1.807, 2.05) is 51.1 Å². The standard InChI is InChI=1S/C18H18N4O2/c1-12-9-14(3)16(10-13(12)2)17(23)11-21-18(24)22(20-19-21)15-7-5-4-6-8-15/h4-10H,11H2,1-3H3. The quantitative estimate of drug-likeness (QED) is 0.691. The Morgan fingerprint density at radius 3 is 2.33 bits per heavy atom. The molecule has 122 valence electrons. The van der Waals surface area contributed by atoms with Gasteiger partial charge in [0, 0.05) is 5.56 Å². The van der Waals surface area contributed by atoms with Crippen LogP contribution in [0.25, 0.3) is 5.69 Å². The molecule has 0 aliphatic heterocycles. The molecule has 0 radical (unpaired) electrons. The first-order valence-electron chi connectivity index (χ1n) is 7.66. The van der Waals surface area contributed by atoms with Crippen molar-refractivity contribution < 1.29 is 4.79 Å². The summed E-state index contributed by atoms with van der Waals surface area (Å²) in [6.07, 6.45) is 0. The molecule has 3 aromatic rings. The Morgan fingerprint density at radius 1 is 0.958 bits per heavy atom. The second kappa shape index (κ2) is 6.23. The first-order chi connectivity index (χ1) is 11.5. The Labute approximate surface area is 139 Å². The summed E-state index contributed by atoms with van der Waals surface area (Å²) in [5.74, 6) is -0.155. The van der Waals surface area contributed by atoms with Crippen molar-refractivity contribution in [3.05, 3.63) is 75.2 Å². The molecule has 0 fully saturated rings. The first-order valence-corrected chi connectivity index (χ1v) is 7.66. The van der Waals surface area contributed by atoms with Gasteiger partial charge in [0.2, 0.25) is 0 Å². The minimum absolute atomic E-state index is 0.130. The Balaban J connectivity index is 1.90. The lowest BCUT2D eigenvalue weighted by atomic mass is 9.98. The molecule has 0 saturated heterocycles. The molecule has 0 aliphatic carbocycles. The lowest BCUT2D eigenvalue weighted by Gasteiger charge is -2.08. The molecule has 1 heterocycles. The third kappa shape index (κ3) is 2.90. The topological polar surface area (TPSA) is 69.8 Å². The molecule has 0 atom stereocenters. The lowest BCUT2D eigenvalue weighted by molar-refractivity contribution is 0.0965. The zero-order valence-electron chi connectivity index (χ0n) is 13.9. The minimum atomic E-state index is -0.434. The van der Waals surface area contributed by atoms with Crippen molar-refractivity contribution in [3.8, 4) is 5.69 Å². The van der Waals surface area contributed by atoms with Gasteiger partial charge in [-0.1, -0.05) is 24.3 Å². The van der Waals surface area contributed by atoms with Crippen LogP contribution in [0.5, 0.6) is 0 Å². The van der Waals surface area contributed by atoms with Gasteiger partial charge in [-0.25, -0.2) is 4.79 Å². The summed E-state index contributed by atoms with van der Waals surface area (Å²) in [7, 11) is 0. The van der Waals surface area contributed by atoms with Crippen LogP contribution in [0.4, 0.5) is 0 Å². The zero-order valence-corrected chi connectivity index (χ0v) is 13.9. The fraction of sp³-hybridized carbons (Fsp3) is 0.222. The summed E-state index contributed by atoms with van der Waals surface area (Å²) in [6, 6.07) is 12.8. The van der Waals surface area contributed by atoms with Crippen molar-refractivity contribution in [1.82, 2.24) is 19.8 Å².